The molecule has 0 unspecified atom stereocenters. The standard InChI is InChI=1S/C20H25N3O3S/c1-12-10-18(26-4)13(2)9-16(12)17-11-27-20(21-17)22-19(25)15-5-7-23(8-6-15)14(3)24/h9-11,15H,5-8H2,1-4H3,(H,21,22,25). The Kier molecular flexibility index (Phi) is 5.79. The summed E-state index contributed by atoms with van der Waals surface area (Å²) in [5, 5.41) is 5.51. The third kappa shape index (κ3) is 4.30. The van der Waals surface area contributed by atoms with Crippen molar-refractivity contribution in [3.05, 3.63) is 28.6 Å². The van der Waals surface area contributed by atoms with E-state index in [0.717, 1.165) is 28.1 Å². The van der Waals surface area contributed by atoms with Crippen LogP contribution in [0.5, 0.6) is 5.75 Å². The number of hydrogen-bond donors (Lipinski definition) is 1. The number of nitrogens with one attached hydrogen (secondary N) is 1. The number of hydrogen-bond acceptors (Lipinski definition) is 5. The van der Waals surface area contributed by atoms with Crippen LogP contribution in [0.1, 0.15) is 30.9 Å². The molecule has 1 fully saturated rings. The van der Waals surface area contributed by atoms with Crippen molar-refractivity contribution in [2.75, 3.05) is 25.5 Å². The minimum Gasteiger partial charge on any atom is -0.496 e. The molecule has 0 radical (unpaired) electrons. The quantitative estimate of drug-likeness (QED) is 0.870. The Hall–Kier alpha value is -2.41. The van der Waals surface area contributed by atoms with E-state index in [9.17, 15) is 9.59 Å². The van der Waals surface area contributed by atoms with Gasteiger partial charge in [0.15, 0.2) is 5.13 Å². The number of amides is 2. The summed E-state index contributed by atoms with van der Waals surface area (Å²) in [7, 11) is 1.67. The average Bonchev–Trinajstić information content (AvgIpc) is 3.11. The van der Waals surface area contributed by atoms with Gasteiger partial charge in [-0.25, -0.2) is 4.98 Å². The molecule has 2 aromatic rings. The molecular formula is C20H25N3O3S. The number of anilines is 1. The lowest BCUT2D eigenvalue weighted by atomic mass is 9.96. The minimum absolute atomic E-state index is 0.0123. The van der Waals surface area contributed by atoms with Crippen LogP contribution in [0.15, 0.2) is 17.5 Å². The molecule has 6 nitrogen and oxygen atoms in total. The van der Waals surface area contributed by atoms with Crippen molar-refractivity contribution in [2.45, 2.75) is 33.6 Å². The number of benzene rings is 1. The third-order valence-corrected chi connectivity index (χ3v) is 5.82. The lowest BCUT2D eigenvalue weighted by molar-refractivity contribution is -0.132. The molecule has 1 saturated heterocycles. The average molecular weight is 388 g/mol. The van der Waals surface area contributed by atoms with Crippen LogP contribution in [0, 0.1) is 19.8 Å². The highest BCUT2D eigenvalue weighted by molar-refractivity contribution is 7.14. The van der Waals surface area contributed by atoms with Crippen LogP contribution < -0.4 is 10.1 Å². The van der Waals surface area contributed by atoms with Gasteiger partial charge in [-0.2, -0.15) is 0 Å². The van der Waals surface area contributed by atoms with E-state index in [0.29, 0.717) is 31.1 Å². The van der Waals surface area contributed by atoms with Crippen molar-refractivity contribution in [1.82, 2.24) is 9.88 Å². The maximum atomic E-state index is 12.5. The zero-order valence-electron chi connectivity index (χ0n) is 16.2. The van der Waals surface area contributed by atoms with Gasteiger partial charge in [0.1, 0.15) is 5.75 Å². The Morgan fingerprint density at radius 2 is 1.93 bits per heavy atom. The first-order valence-corrected chi connectivity index (χ1v) is 9.94. The van der Waals surface area contributed by atoms with Crippen LogP contribution in [-0.4, -0.2) is 41.9 Å². The van der Waals surface area contributed by atoms with Gasteiger partial charge in [0.2, 0.25) is 11.8 Å². The SMILES string of the molecule is COc1cc(C)c(-c2csc(NC(=O)C3CCN(C(C)=O)CC3)n2)cc1C. The predicted octanol–water partition coefficient (Wildman–Crippen LogP) is 3.63. The highest BCUT2D eigenvalue weighted by atomic mass is 32.1. The van der Waals surface area contributed by atoms with Crippen LogP contribution in [0.3, 0.4) is 0 Å². The van der Waals surface area contributed by atoms with Gasteiger partial charge in [0, 0.05) is 36.9 Å². The normalized spacial score (nSPS) is 14.9. The number of rotatable bonds is 4. The second kappa shape index (κ2) is 8.08. The molecule has 1 aliphatic heterocycles. The molecule has 144 valence electrons. The number of likely N-dealkylation sites (tertiary alicyclic amines) is 1. The molecule has 7 heteroatoms. The maximum Gasteiger partial charge on any atom is 0.229 e. The zero-order valence-corrected chi connectivity index (χ0v) is 17.0. The first-order valence-electron chi connectivity index (χ1n) is 9.06. The van der Waals surface area contributed by atoms with Gasteiger partial charge in [-0.15, -0.1) is 11.3 Å². The highest BCUT2D eigenvalue weighted by Crippen LogP contribution is 2.32. The van der Waals surface area contributed by atoms with E-state index >= 15 is 0 Å². The van der Waals surface area contributed by atoms with E-state index in [1.807, 2.05) is 25.3 Å². The highest BCUT2D eigenvalue weighted by Gasteiger charge is 2.26. The molecule has 1 aromatic carbocycles. The van der Waals surface area contributed by atoms with E-state index in [4.69, 9.17) is 4.74 Å². The second-order valence-corrected chi connectivity index (χ2v) is 7.80. The van der Waals surface area contributed by atoms with Crippen LogP contribution in [-0.2, 0) is 9.59 Å². The number of carbonyl (C=O) groups excluding carboxylic acids is 2. The van der Waals surface area contributed by atoms with E-state index in [1.165, 1.54) is 11.3 Å². The molecule has 2 amide bonds. The van der Waals surface area contributed by atoms with Gasteiger partial charge in [-0.3, -0.25) is 9.59 Å². The van der Waals surface area contributed by atoms with Crippen LogP contribution in [0.2, 0.25) is 0 Å². The minimum atomic E-state index is -0.0714. The molecule has 1 N–H and O–H groups in total. The maximum absolute atomic E-state index is 12.5. The molecule has 0 spiro atoms. The first-order chi connectivity index (χ1) is 12.9. The Labute approximate surface area is 163 Å². The summed E-state index contributed by atoms with van der Waals surface area (Å²) in [6.45, 7) is 6.88. The van der Waals surface area contributed by atoms with Crippen molar-refractivity contribution in [1.29, 1.82) is 0 Å². The fourth-order valence-electron chi connectivity index (χ4n) is 3.40. The number of thiazole rings is 1. The number of aromatic nitrogens is 1. The molecule has 1 aromatic heterocycles. The number of methoxy groups -OCH3 is 1. The first kappa shape index (κ1) is 19.4. The lowest BCUT2D eigenvalue weighted by Crippen LogP contribution is -2.40. The Balaban J connectivity index is 1.67. The Morgan fingerprint density at radius 3 is 2.56 bits per heavy atom. The molecule has 0 atom stereocenters. The summed E-state index contributed by atoms with van der Waals surface area (Å²) in [6, 6.07) is 4.07. The van der Waals surface area contributed by atoms with Crippen molar-refractivity contribution < 1.29 is 14.3 Å². The lowest BCUT2D eigenvalue weighted by Gasteiger charge is -2.30. The number of piperidine rings is 1. The monoisotopic (exact) mass is 387 g/mol. The van der Waals surface area contributed by atoms with Gasteiger partial charge >= 0.3 is 0 Å². The number of carbonyl (C=O) groups is 2. The van der Waals surface area contributed by atoms with Gasteiger partial charge in [-0.05, 0) is 49.9 Å². The molecule has 0 saturated carbocycles. The molecule has 0 bridgehead atoms. The summed E-state index contributed by atoms with van der Waals surface area (Å²) < 4.78 is 5.36. The molecule has 27 heavy (non-hydrogen) atoms. The fraction of sp³-hybridized carbons (Fsp3) is 0.450. The van der Waals surface area contributed by atoms with Crippen molar-refractivity contribution in [3.63, 3.8) is 0 Å². The zero-order chi connectivity index (χ0) is 19.6. The third-order valence-electron chi connectivity index (χ3n) is 5.06. The van der Waals surface area contributed by atoms with Gasteiger partial charge in [0.25, 0.3) is 0 Å². The van der Waals surface area contributed by atoms with Crippen molar-refractivity contribution >= 4 is 28.3 Å². The summed E-state index contributed by atoms with van der Waals surface area (Å²) in [4.78, 5) is 30.3. The van der Waals surface area contributed by atoms with E-state index in [2.05, 4.69) is 16.4 Å². The number of aryl methyl sites for hydroxylation is 2. The molecule has 1 aliphatic rings. The van der Waals surface area contributed by atoms with Crippen molar-refractivity contribution in [3.8, 4) is 17.0 Å². The Bertz CT molecular complexity index is 854. The van der Waals surface area contributed by atoms with Gasteiger partial charge in [-0.1, -0.05) is 0 Å². The fourth-order valence-corrected chi connectivity index (χ4v) is 4.12. The predicted molar refractivity (Wildman–Crippen MR) is 107 cm³/mol. The van der Waals surface area contributed by atoms with Gasteiger partial charge in [0.05, 0.1) is 12.8 Å². The van der Waals surface area contributed by atoms with Gasteiger partial charge < -0.3 is 15.0 Å². The summed E-state index contributed by atoms with van der Waals surface area (Å²) >= 11 is 1.43. The summed E-state index contributed by atoms with van der Waals surface area (Å²) in [5.41, 5.74) is 4.02. The summed E-state index contributed by atoms with van der Waals surface area (Å²) in [5.74, 6) is 0.847. The van der Waals surface area contributed by atoms with Crippen LogP contribution in [0.25, 0.3) is 11.3 Å². The topological polar surface area (TPSA) is 71.5 Å². The van der Waals surface area contributed by atoms with Crippen LogP contribution >= 0.6 is 11.3 Å². The number of nitrogens with zero attached hydrogens (tertiary/aromatic N) is 2. The molecule has 2 heterocycles. The van der Waals surface area contributed by atoms with Crippen molar-refractivity contribution in [2.24, 2.45) is 5.92 Å². The second-order valence-electron chi connectivity index (χ2n) is 6.94. The van der Waals surface area contributed by atoms with Crippen LogP contribution in [0.4, 0.5) is 5.13 Å². The van der Waals surface area contributed by atoms with E-state index < -0.39 is 0 Å². The number of ether oxygens (including phenoxy) is 1. The van der Waals surface area contributed by atoms with E-state index in [1.54, 1.807) is 18.9 Å². The largest absolute Gasteiger partial charge is 0.496 e. The smallest absolute Gasteiger partial charge is 0.229 e. The van der Waals surface area contributed by atoms with E-state index in [-0.39, 0.29) is 17.7 Å². The summed E-state index contributed by atoms with van der Waals surface area (Å²) in [6.07, 6.45) is 1.39. The Morgan fingerprint density at radius 1 is 1.22 bits per heavy atom. The molecule has 3 rings (SSSR count). The molecule has 0 aliphatic carbocycles. The molecular weight excluding hydrogens is 362 g/mol.